The monoisotopic (exact) mass is 370 g/mol. The average Bonchev–Trinajstić information content (AvgIpc) is 2.88. The fourth-order valence-electron chi connectivity index (χ4n) is 2.20. The van der Waals surface area contributed by atoms with E-state index in [1.165, 1.54) is 11.8 Å². The molecule has 5 heteroatoms. The molecule has 0 radical (unpaired) electrons. The first-order valence-corrected chi connectivity index (χ1v) is 7.89. The lowest BCUT2D eigenvalue weighted by Crippen LogP contribution is -1.84. The van der Waals surface area contributed by atoms with Crippen molar-refractivity contribution < 1.29 is 9.52 Å². The van der Waals surface area contributed by atoms with Crippen LogP contribution < -0.4 is 0 Å². The molecule has 3 aromatic rings. The predicted octanol–water partition coefficient (Wildman–Crippen LogP) is 5.18. The van der Waals surface area contributed by atoms with Gasteiger partial charge in [0, 0.05) is 10.0 Å². The molecule has 1 N–H and O–H groups in total. The van der Waals surface area contributed by atoms with Gasteiger partial charge in [0.2, 0.25) is 5.89 Å². The van der Waals surface area contributed by atoms with Crippen LogP contribution in [0, 0.1) is 13.8 Å². The van der Waals surface area contributed by atoms with Crippen molar-refractivity contribution in [1.29, 1.82) is 0 Å². The Morgan fingerprint density at radius 2 is 1.87 bits per heavy atom. The molecule has 4 nitrogen and oxygen atoms in total. The maximum absolute atomic E-state index is 9.91. The van der Waals surface area contributed by atoms with Gasteiger partial charge in [-0.1, -0.05) is 33.6 Å². The third-order valence-corrected chi connectivity index (χ3v) is 3.93. The van der Waals surface area contributed by atoms with Crippen LogP contribution in [-0.4, -0.2) is 16.3 Å². The van der Waals surface area contributed by atoms with Crippen molar-refractivity contribution >= 4 is 27.8 Å². The summed E-state index contributed by atoms with van der Waals surface area (Å²) in [6.45, 7) is 4.03. The second kappa shape index (κ2) is 6.38. The summed E-state index contributed by atoms with van der Waals surface area (Å²) in [6.07, 6.45) is 1.51. The van der Waals surface area contributed by atoms with Crippen LogP contribution in [0.4, 0.5) is 5.69 Å². The number of aromatic hydroxyl groups is 1. The molecule has 1 aromatic heterocycles. The lowest BCUT2D eigenvalue weighted by Gasteiger charge is -2.00. The van der Waals surface area contributed by atoms with Crippen molar-refractivity contribution in [2.45, 2.75) is 13.8 Å². The lowest BCUT2D eigenvalue weighted by atomic mass is 10.1. The number of aliphatic imine (C=N–C) groups is 1. The van der Waals surface area contributed by atoms with Crippen molar-refractivity contribution in [3.8, 4) is 17.4 Å². The molecule has 0 aliphatic rings. The lowest BCUT2D eigenvalue weighted by molar-refractivity contribution is 0.337. The van der Waals surface area contributed by atoms with Crippen molar-refractivity contribution in [2.24, 2.45) is 4.99 Å². The van der Waals surface area contributed by atoms with Crippen LogP contribution in [0.1, 0.15) is 16.8 Å². The largest absolute Gasteiger partial charge is 0.479 e. The van der Waals surface area contributed by atoms with E-state index in [2.05, 4.69) is 32.0 Å². The molecular weight excluding hydrogens is 356 g/mol. The molecule has 0 aliphatic heterocycles. The standard InChI is InChI=1S/C18H15BrN2O2/c1-11-3-8-15(12(2)9-11)20-10-16-18(22)23-17(21-16)13-4-6-14(19)7-5-13/h3-10,22H,1-2H3. The molecule has 0 bridgehead atoms. The van der Waals surface area contributed by atoms with Gasteiger partial charge in [0.15, 0.2) is 5.69 Å². The number of aryl methyl sites for hydroxylation is 2. The molecule has 116 valence electrons. The minimum absolute atomic E-state index is 0.239. The molecule has 1 heterocycles. The molecule has 0 saturated heterocycles. The maximum atomic E-state index is 9.91. The topological polar surface area (TPSA) is 58.6 Å². The molecule has 3 rings (SSSR count). The molecule has 0 amide bonds. The summed E-state index contributed by atoms with van der Waals surface area (Å²) >= 11 is 3.38. The summed E-state index contributed by atoms with van der Waals surface area (Å²) in [6, 6.07) is 13.5. The van der Waals surface area contributed by atoms with E-state index in [-0.39, 0.29) is 5.95 Å². The Morgan fingerprint density at radius 3 is 2.57 bits per heavy atom. The summed E-state index contributed by atoms with van der Waals surface area (Å²) in [5, 5.41) is 9.91. The number of benzene rings is 2. The van der Waals surface area contributed by atoms with Gasteiger partial charge in [-0.25, -0.2) is 4.98 Å². The Kier molecular flexibility index (Phi) is 4.30. The number of hydrogen-bond donors (Lipinski definition) is 1. The Labute approximate surface area is 142 Å². The van der Waals surface area contributed by atoms with E-state index in [1.54, 1.807) is 0 Å². The summed E-state index contributed by atoms with van der Waals surface area (Å²) in [5.74, 6) is 0.119. The van der Waals surface area contributed by atoms with E-state index in [1.807, 2.05) is 50.2 Å². The van der Waals surface area contributed by atoms with Gasteiger partial charge in [0.25, 0.3) is 0 Å². The maximum Gasteiger partial charge on any atom is 0.312 e. The van der Waals surface area contributed by atoms with Gasteiger partial charge in [-0.15, -0.1) is 0 Å². The van der Waals surface area contributed by atoms with Crippen LogP contribution in [0.25, 0.3) is 11.5 Å². The highest BCUT2D eigenvalue weighted by Gasteiger charge is 2.12. The van der Waals surface area contributed by atoms with E-state index >= 15 is 0 Å². The Bertz CT molecular complexity index is 867. The summed E-state index contributed by atoms with van der Waals surface area (Å²) in [7, 11) is 0. The third kappa shape index (κ3) is 3.51. The molecule has 0 atom stereocenters. The molecule has 0 aliphatic carbocycles. The first-order chi connectivity index (χ1) is 11.0. The van der Waals surface area contributed by atoms with E-state index in [0.29, 0.717) is 11.6 Å². The molecule has 23 heavy (non-hydrogen) atoms. The first kappa shape index (κ1) is 15.5. The first-order valence-electron chi connectivity index (χ1n) is 7.10. The van der Waals surface area contributed by atoms with E-state index in [9.17, 15) is 5.11 Å². The fourth-order valence-corrected chi connectivity index (χ4v) is 2.47. The van der Waals surface area contributed by atoms with E-state index in [4.69, 9.17) is 4.42 Å². The number of halogens is 1. The normalized spacial score (nSPS) is 11.3. The number of hydrogen-bond acceptors (Lipinski definition) is 4. The van der Waals surface area contributed by atoms with Gasteiger partial charge < -0.3 is 9.52 Å². The number of aromatic nitrogens is 1. The van der Waals surface area contributed by atoms with E-state index in [0.717, 1.165) is 21.3 Å². The zero-order valence-electron chi connectivity index (χ0n) is 12.7. The smallest absolute Gasteiger partial charge is 0.312 e. The summed E-state index contributed by atoms with van der Waals surface area (Å²) < 4.78 is 6.28. The molecule has 0 saturated carbocycles. The quantitative estimate of drug-likeness (QED) is 0.646. The fraction of sp³-hybridized carbons (Fsp3) is 0.111. The van der Waals surface area contributed by atoms with Crippen molar-refractivity contribution in [2.75, 3.05) is 0 Å². The molecule has 0 unspecified atom stereocenters. The van der Waals surface area contributed by atoms with Gasteiger partial charge in [-0.3, -0.25) is 4.99 Å². The zero-order chi connectivity index (χ0) is 16.4. The molecule has 2 aromatic carbocycles. The third-order valence-electron chi connectivity index (χ3n) is 3.40. The van der Waals surface area contributed by atoms with Crippen LogP contribution >= 0.6 is 15.9 Å². The molecular formula is C18H15BrN2O2. The Hall–Kier alpha value is -2.40. The highest BCUT2D eigenvalue weighted by molar-refractivity contribution is 9.10. The van der Waals surface area contributed by atoms with Gasteiger partial charge in [0.1, 0.15) is 0 Å². The van der Waals surface area contributed by atoms with E-state index < -0.39 is 0 Å². The Morgan fingerprint density at radius 1 is 1.13 bits per heavy atom. The second-order valence-electron chi connectivity index (χ2n) is 5.26. The minimum atomic E-state index is -0.239. The van der Waals surface area contributed by atoms with Crippen LogP contribution in [0.2, 0.25) is 0 Å². The number of nitrogens with zero attached hydrogens (tertiary/aromatic N) is 2. The second-order valence-corrected chi connectivity index (χ2v) is 6.18. The van der Waals surface area contributed by atoms with Gasteiger partial charge in [0.05, 0.1) is 11.9 Å². The van der Waals surface area contributed by atoms with Crippen molar-refractivity contribution in [3.63, 3.8) is 0 Å². The Balaban J connectivity index is 1.89. The number of oxazole rings is 1. The van der Waals surface area contributed by atoms with Crippen LogP contribution in [0.15, 0.2) is 56.3 Å². The average molecular weight is 371 g/mol. The highest BCUT2D eigenvalue weighted by atomic mass is 79.9. The zero-order valence-corrected chi connectivity index (χ0v) is 14.3. The van der Waals surface area contributed by atoms with Crippen LogP contribution in [-0.2, 0) is 0 Å². The van der Waals surface area contributed by atoms with Gasteiger partial charge >= 0.3 is 5.95 Å². The summed E-state index contributed by atoms with van der Waals surface area (Å²) in [4.78, 5) is 8.67. The van der Waals surface area contributed by atoms with Crippen LogP contribution in [0.5, 0.6) is 5.95 Å². The van der Waals surface area contributed by atoms with Crippen molar-refractivity contribution in [3.05, 3.63) is 63.8 Å². The van der Waals surface area contributed by atoms with Gasteiger partial charge in [-0.2, -0.15) is 0 Å². The molecule has 0 spiro atoms. The van der Waals surface area contributed by atoms with Crippen molar-refractivity contribution in [1.82, 2.24) is 4.98 Å². The van der Waals surface area contributed by atoms with Crippen LogP contribution in [0.3, 0.4) is 0 Å². The SMILES string of the molecule is Cc1ccc(N=Cc2nc(-c3ccc(Br)cc3)oc2O)c(C)c1. The predicted molar refractivity (Wildman–Crippen MR) is 94.5 cm³/mol. The highest BCUT2D eigenvalue weighted by Crippen LogP contribution is 2.27. The minimum Gasteiger partial charge on any atom is -0.479 e. The molecule has 0 fully saturated rings. The number of rotatable bonds is 3. The summed E-state index contributed by atoms with van der Waals surface area (Å²) in [5.41, 5.74) is 4.18. The van der Waals surface area contributed by atoms with Gasteiger partial charge in [-0.05, 0) is 49.7 Å².